The van der Waals surface area contributed by atoms with E-state index in [2.05, 4.69) is 9.98 Å². The van der Waals surface area contributed by atoms with Crippen molar-refractivity contribution in [2.75, 3.05) is 0 Å². The summed E-state index contributed by atoms with van der Waals surface area (Å²) >= 11 is 0. The van der Waals surface area contributed by atoms with Gasteiger partial charge in [-0.15, -0.1) is 0 Å². The van der Waals surface area contributed by atoms with E-state index in [1.54, 1.807) is 36.4 Å². The van der Waals surface area contributed by atoms with Gasteiger partial charge in [0.15, 0.2) is 0 Å². The molecule has 0 spiro atoms. The number of carbonyl (C=O) groups is 2. The Kier molecular flexibility index (Phi) is 4.77. The molecule has 0 amide bonds. The maximum Gasteiger partial charge on any atom is 0.337 e. The van der Waals surface area contributed by atoms with Gasteiger partial charge in [-0.3, -0.25) is 0 Å². The van der Waals surface area contributed by atoms with Crippen LogP contribution >= 0.6 is 0 Å². The van der Waals surface area contributed by atoms with Crippen molar-refractivity contribution in [2.45, 2.75) is 0 Å². The Labute approximate surface area is 126 Å². The molecule has 110 valence electrons. The van der Waals surface area contributed by atoms with Crippen LogP contribution in [0.25, 0.3) is 0 Å². The van der Waals surface area contributed by atoms with E-state index in [4.69, 9.17) is 10.2 Å². The van der Waals surface area contributed by atoms with Crippen LogP contribution in [0.5, 0.6) is 0 Å². The summed E-state index contributed by atoms with van der Waals surface area (Å²) in [7, 11) is 0. The zero-order chi connectivity index (χ0) is 15.9. The van der Waals surface area contributed by atoms with Gasteiger partial charge in [0.05, 0.1) is 16.8 Å². The molecule has 0 fully saturated rings. The number of aliphatic imine (C=N–C) groups is 2. The van der Waals surface area contributed by atoms with Crippen molar-refractivity contribution in [2.24, 2.45) is 9.98 Å². The maximum atomic E-state index is 11.0. The Morgan fingerprint density at radius 1 is 0.864 bits per heavy atom. The third kappa shape index (κ3) is 3.63. The molecule has 2 rings (SSSR count). The highest BCUT2D eigenvalue weighted by atomic mass is 16.4. The number of carboxylic acids is 2. The number of nitrogens with zero attached hydrogens (tertiary/aromatic N) is 2. The fourth-order valence-corrected chi connectivity index (χ4v) is 1.78. The predicted molar refractivity (Wildman–Crippen MR) is 82.5 cm³/mol. The molecule has 2 aromatic carbocycles. The summed E-state index contributed by atoms with van der Waals surface area (Å²) in [6.07, 6.45) is 2.54. The first-order valence-electron chi connectivity index (χ1n) is 6.30. The average molecular weight is 296 g/mol. The number of aromatic carboxylic acids is 2. The lowest BCUT2D eigenvalue weighted by atomic mass is 10.1. The predicted octanol–water partition coefficient (Wildman–Crippen LogP) is 2.86. The first-order chi connectivity index (χ1) is 10.6. The number of benzene rings is 2. The minimum absolute atomic E-state index is 0.0693. The summed E-state index contributed by atoms with van der Waals surface area (Å²) < 4.78 is 0. The number of hydrogen-bond acceptors (Lipinski definition) is 3. The van der Waals surface area contributed by atoms with E-state index in [1.165, 1.54) is 24.7 Å². The standard InChI is InChI=1S/C16H12N2O4/c19-15(20)12-6-2-1-5-11(12)9-17-10-18-14-8-4-3-7-13(14)16(21)22/h1-10H,(H,19,20)(H,21,22)/b17-9+,18-10+. The van der Waals surface area contributed by atoms with Crippen molar-refractivity contribution < 1.29 is 19.8 Å². The highest BCUT2D eigenvalue weighted by Crippen LogP contribution is 2.17. The van der Waals surface area contributed by atoms with Crippen molar-refractivity contribution >= 4 is 30.2 Å². The number of carboxylic acid groups (broad SMARTS) is 2. The third-order valence-electron chi connectivity index (χ3n) is 2.80. The molecule has 0 aromatic heterocycles. The van der Waals surface area contributed by atoms with Crippen LogP contribution in [0.15, 0.2) is 58.5 Å². The summed E-state index contributed by atoms with van der Waals surface area (Å²) in [5.74, 6) is -2.12. The van der Waals surface area contributed by atoms with Crippen LogP contribution in [0, 0.1) is 0 Å². The first kappa shape index (κ1) is 15.1. The van der Waals surface area contributed by atoms with Gasteiger partial charge in [0.1, 0.15) is 6.34 Å². The van der Waals surface area contributed by atoms with Crippen LogP contribution < -0.4 is 0 Å². The largest absolute Gasteiger partial charge is 0.478 e. The lowest BCUT2D eigenvalue weighted by Crippen LogP contribution is -2.01. The Morgan fingerprint density at radius 2 is 1.45 bits per heavy atom. The second kappa shape index (κ2) is 6.94. The highest BCUT2D eigenvalue weighted by molar-refractivity contribution is 6.00. The minimum atomic E-state index is -1.08. The van der Waals surface area contributed by atoms with Crippen molar-refractivity contribution in [3.05, 3.63) is 65.2 Å². The summed E-state index contributed by atoms with van der Waals surface area (Å²) in [5.41, 5.74) is 0.914. The van der Waals surface area contributed by atoms with Gasteiger partial charge in [-0.2, -0.15) is 0 Å². The molecule has 0 saturated heterocycles. The van der Waals surface area contributed by atoms with Crippen LogP contribution in [0.2, 0.25) is 0 Å². The minimum Gasteiger partial charge on any atom is -0.478 e. The van der Waals surface area contributed by atoms with Crippen LogP contribution in [0.3, 0.4) is 0 Å². The molecule has 0 radical (unpaired) electrons. The lowest BCUT2D eigenvalue weighted by Gasteiger charge is -1.99. The van der Waals surface area contributed by atoms with Crippen LogP contribution in [0.4, 0.5) is 5.69 Å². The second-order valence-electron chi connectivity index (χ2n) is 4.24. The topological polar surface area (TPSA) is 99.3 Å². The monoisotopic (exact) mass is 296 g/mol. The van der Waals surface area contributed by atoms with E-state index in [1.807, 2.05) is 0 Å². The Bertz CT molecular complexity index is 701. The van der Waals surface area contributed by atoms with Crippen LogP contribution in [0.1, 0.15) is 26.3 Å². The summed E-state index contributed by atoms with van der Waals surface area (Å²) in [6.45, 7) is 0. The maximum absolute atomic E-state index is 11.0. The van der Waals surface area contributed by atoms with Crippen molar-refractivity contribution in [1.29, 1.82) is 0 Å². The molecule has 0 aliphatic heterocycles. The van der Waals surface area contributed by atoms with Crippen molar-refractivity contribution in [3.63, 3.8) is 0 Å². The smallest absolute Gasteiger partial charge is 0.337 e. The molecule has 0 bridgehead atoms. The van der Waals surface area contributed by atoms with Gasteiger partial charge in [-0.05, 0) is 18.2 Å². The Balaban J connectivity index is 2.20. The van der Waals surface area contributed by atoms with Crippen LogP contribution in [-0.4, -0.2) is 34.7 Å². The van der Waals surface area contributed by atoms with Gasteiger partial charge < -0.3 is 10.2 Å². The zero-order valence-corrected chi connectivity index (χ0v) is 11.4. The molecule has 6 heteroatoms. The molecular weight excluding hydrogens is 284 g/mol. The normalized spacial score (nSPS) is 11.1. The number of rotatable bonds is 5. The summed E-state index contributed by atoms with van der Waals surface area (Å²) in [5, 5.41) is 18.1. The van der Waals surface area contributed by atoms with Gasteiger partial charge >= 0.3 is 11.9 Å². The fourth-order valence-electron chi connectivity index (χ4n) is 1.78. The number of hydrogen-bond donors (Lipinski definition) is 2. The molecule has 0 atom stereocenters. The molecule has 0 unspecified atom stereocenters. The molecule has 0 aliphatic carbocycles. The zero-order valence-electron chi connectivity index (χ0n) is 11.4. The summed E-state index contributed by atoms with van der Waals surface area (Å²) in [6, 6.07) is 12.7. The molecule has 2 aromatic rings. The molecule has 2 N–H and O–H groups in total. The molecule has 0 heterocycles. The van der Waals surface area contributed by atoms with Gasteiger partial charge in [0.25, 0.3) is 0 Å². The lowest BCUT2D eigenvalue weighted by molar-refractivity contribution is 0.0686. The van der Waals surface area contributed by atoms with E-state index in [-0.39, 0.29) is 16.8 Å². The fraction of sp³-hybridized carbons (Fsp3) is 0. The van der Waals surface area contributed by atoms with Crippen molar-refractivity contribution in [1.82, 2.24) is 0 Å². The molecule has 0 aliphatic rings. The van der Waals surface area contributed by atoms with E-state index in [9.17, 15) is 9.59 Å². The van der Waals surface area contributed by atoms with Gasteiger partial charge in [-0.1, -0.05) is 30.3 Å². The van der Waals surface area contributed by atoms with Gasteiger partial charge in [-0.25, -0.2) is 19.6 Å². The molecule has 22 heavy (non-hydrogen) atoms. The average Bonchev–Trinajstić information content (AvgIpc) is 2.52. The van der Waals surface area contributed by atoms with E-state index >= 15 is 0 Å². The van der Waals surface area contributed by atoms with Crippen LogP contribution in [-0.2, 0) is 0 Å². The third-order valence-corrected chi connectivity index (χ3v) is 2.80. The quantitative estimate of drug-likeness (QED) is 0.654. The summed E-state index contributed by atoms with van der Waals surface area (Å²) in [4.78, 5) is 29.9. The van der Waals surface area contributed by atoms with E-state index in [0.29, 0.717) is 5.56 Å². The van der Waals surface area contributed by atoms with Gasteiger partial charge in [0.2, 0.25) is 0 Å². The SMILES string of the molecule is O=C(O)c1ccccc1/C=N/C=N/c1ccccc1C(=O)O. The second-order valence-corrected chi connectivity index (χ2v) is 4.24. The van der Waals surface area contributed by atoms with Crippen molar-refractivity contribution in [3.8, 4) is 0 Å². The molecular formula is C16H12N2O4. The first-order valence-corrected chi connectivity index (χ1v) is 6.30. The molecule has 6 nitrogen and oxygen atoms in total. The van der Waals surface area contributed by atoms with E-state index in [0.717, 1.165) is 0 Å². The number of para-hydroxylation sites is 1. The highest BCUT2D eigenvalue weighted by Gasteiger charge is 2.07. The van der Waals surface area contributed by atoms with E-state index < -0.39 is 11.9 Å². The molecule has 0 saturated carbocycles. The van der Waals surface area contributed by atoms with Gasteiger partial charge in [0, 0.05) is 11.8 Å². The Hall–Kier alpha value is -3.28. The Morgan fingerprint density at radius 3 is 2.14 bits per heavy atom.